The largest absolute Gasteiger partial charge is 0.497 e. The third-order valence-electron chi connectivity index (χ3n) is 6.40. The van der Waals surface area contributed by atoms with E-state index in [2.05, 4.69) is 12.2 Å². The van der Waals surface area contributed by atoms with Gasteiger partial charge in [0.1, 0.15) is 5.75 Å². The summed E-state index contributed by atoms with van der Waals surface area (Å²) in [5.74, 6) is -0.735. The molecule has 1 saturated heterocycles. The third kappa shape index (κ3) is 3.25. The monoisotopic (exact) mass is 409 g/mol. The van der Waals surface area contributed by atoms with E-state index in [1.807, 2.05) is 60.7 Å². The van der Waals surface area contributed by atoms with Crippen molar-refractivity contribution in [1.82, 2.24) is 0 Å². The van der Waals surface area contributed by atoms with Gasteiger partial charge in [0.15, 0.2) is 0 Å². The zero-order valence-corrected chi connectivity index (χ0v) is 17.2. The lowest BCUT2D eigenvalue weighted by molar-refractivity contribution is -0.122. The highest BCUT2D eigenvalue weighted by Crippen LogP contribution is 2.50. The van der Waals surface area contributed by atoms with Crippen molar-refractivity contribution in [1.29, 1.82) is 0 Å². The molecule has 0 bridgehead atoms. The molecule has 1 aliphatic carbocycles. The number of carbonyl (C=O) groups is 2. The molecule has 1 aliphatic heterocycles. The third-order valence-corrected chi connectivity index (χ3v) is 6.40. The fourth-order valence-electron chi connectivity index (χ4n) is 4.92. The molecule has 0 N–H and O–H groups in total. The van der Waals surface area contributed by atoms with Crippen LogP contribution in [-0.2, 0) is 9.59 Å². The van der Waals surface area contributed by atoms with E-state index in [0.717, 1.165) is 11.1 Å². The predicted octanol–water partition coefficient (Wildman–Crippen LogP) is 4.94. The first kappa shape index (κ1) is 19.3. The number of hydrogen-bond donors (Lipinski definition) is 0. The van der Waals surface area contributed by atoms with Gasteiger partial charge < -0.3 is 4.74 Å². The van der Waals surface area contributed by atoms with Crippen LogP contribution in [-0.4, -0.2) is 18.9 Å². The quantitative estimate of drug-likeness (QED) is 0.453. The molecular formula is C27H23NO3. The number of benzene rings is 3. The highest BCUT2D eigenvalue weighted by Gasteiger charge is 2.55. The Morgan fingerprint density at radius 3 is 1.52 bits per heavy atom. The van der Waals surface area contributed by atoms with Gasteiger partial charge in [-0.2, -0.15) is 0 Å². The maximum Gasteiger partial charge on any atom is 0.238 e. The number of fused-ring (bicyclic) bond motifs is 1. The minimum absolute atomic E-state index is 0.133. The average molecular weight is 409 g/mol. The Kier molecular flexibility index (Phi) is 4.91. The van der Waals surface area contributed by atoms with Crippen molar-refractivity contribution < 1.29 is 14.3 Å². The molecule has 4 heteroatoms. The fourth-order valence-corrected chi connectivity index (χ4v) is 4.92. The maximum absolute atomic E-state index is 13.7. The Bertz CT molecular complexity index is 1050. The smallest absolute Gasteiger partial charge is 0.238 e. The predicted molar refractivity (Wildman–Crippen MR) is 120 cm³/mol. The number of carbonyl (C=O) groups excluding carboxylic acids is 2. The van der Waals surface area contributed by atoms with Gasteiger partial charge in [-0.15, -0.1) is 0 Å². The summed E-state index contributed by atoms with van der Waals surface area (Å²) in [5.41, 5.74) is 2.69. The fraction of sp³-hybridized carbons (Fsp3) is 0.185. The summed E-state index contributed by atoms with van der Waals surface area (Å²) in [5, 5.41) is 0. The van der Waals surface area contributed by atoms with E-state index in [-0.39, 0.29) is 23.7 Å². The van der Waals surface area contributed by atoms with Crippen molar-refractivity contribution in [2.45, 2.75) is 11.8 Å². The average Bonchev–Trinajstić information content (AvgIpc) is 3.10. The minimum atomic E-state index is -0.438. The molecule has 4 atom stereocenters. The molecule has 2 aliphatic rings. The van der Waals surface area contributed by atoms with E-state index >= 15 is 0 Å². The minimum Gasteiger partial charge on any atom is -0.497 e. The van der Waals surface area contributed by atoms with Gasteiger partial charge >= 0.3 is 0 Å². The Labute approximate surface area is 181 Å². The molecule has 5 rings (SSSR count). The second-order valence-electron chi connectivity index (χ2n) is 8.02. The molecule has 0 unspecified atom stereocenters. The van der Waals surface area contributed by atoms with Crippen LogP contribution >= 0.6 is 0 Å². The number of anilines is 1. The van der Waals surface area contributed by atoms with Crippen LogP contribution in [0.25, 0.3) is 0 Å². The Balaban J connectivity index is 1.60. The van der Waals surface area contributed by atoms with Gasteiger partial charge in [-0.3, -0.25) is 9.59 Å². The zero-order valence-electron chi connectivity index (χ0n) is 17.2. The normalized spacial score (nSPS) is 24.9. The number of amides is 2. The standard InChI is InChI=1S/C27H23NO3/c1-31-21-14-12-20(13-15-21)28-26(29)24-22(18-8-4-2-5-9-18)16-17-23(25(24)27(28)30)19-10-6-3-7-11-19/h2-17,22-25H,1H3/t22-,23-,24-,25+/m0/s1. The molecule has 154 valence electrons. The SMILES string of the molecule is COc1ccc(N2C(=O)[C@@H]3[C@H](C2=O)[C@H](c2ccccc2)C=C[C@H]3c2ccccc2)cc1. The topological polar surface area (TPSA) is 46.6 Å². The number of ether oxygens (including phenoxy) is 1. The Morgan fingerprint density at radius 1 is 0.645 bits per heavy atom. The van der Waals surface area contributed by atoms with Gasteiger partial charge in [-0.05, 0) is 35.4 Å². The Hall–Kier alpha value is -3.66. The van der Waals surface area contributed by atoms with Crippen LogP contribution in [0, 0.1) is 11.8 Å². The first-order valence-electron chi connectivity index (χ1n) is 10.5. The molecule has 1 fully saturated rings. The molecule has 0 radical (unpaired) electrons. The highest BCUT2D eigenvalue weighted by atomic mass is 16.5. The summed E-state index contributed by atoms with van der Waals surface area (Å²) < 4.78 is 5.23. The van der Waals surface area contributed by atoms with Crippen LogP contribution in [0.3, 0.4) is 0 Å². The summed E-state index contributed by atoms with van der Waals surface area (Å²) in [7, 11) is 1.59. The van der Waals surface area contributed by atoms with E-state index in [0.29, 0.717) is 11.4 Å². The van der Waals surface area contributed by atoms with Gasteiger partial charge in [0, 0.05) is 11.8 Å². The molecule has 3 aromatic carbocycles. The first-order chi connectivity index (χ1) is 15.2. The lowest BCUT2D eigenvalue weighted by atomic mass is 9.68. The van der Waals surface area contributed by atoms with Crippen LogP contribution in [0.1, 0.15) is 23.0 Å². The molecule has 0 aromatic heterocycles. The van der Waals surface area contributed by atoms with E-state index in [1.54, 1.807) is 31.4 Å². The lowest BCUT2D eigenvalue weighted by Gasteiger charge is -2.32. The van der Waals surface area contributed by atoms with Gasteiger partial charge in [0.25, 0.3) is 0 Å². The van der Waals surface area contributed by atoms with Gasteiger partial charge in [-0.25, -0.2) is 4.90 Å². The van der Waals surface area contributed by atoms with E-state index in [9.17, 15) is 9.59 Å². The van der Waals surface area contributed by atoms with Crippen molar-refractivity contribution in [3.05, 3.63) is 108 Å². The second-order valence-corrected chi connectivity index (χ2v) is 8.02. The number of imide groups is 1. The number of methoxy groups -OCH3 is 1. The second kappa shape index (κ2) is 7.88. The maximum atomic E-state index is 13.7. The van der Waals surface area contributed by atoms with Crippen molar-refractivity contribution >= 4 is 17.5 Å². The van der Waals surface area contributed by atoms with Crippen molar-refractivity contribution in [2.24, 2.45) is 11.8 Å². The molecule has 0 spiro atoms. The van der Waals surface area contributed by atoms with Crippen LogP contribution in [0.15, 0.2) is 97.1 Å². The van der Waals surface area contributed by atoms with Crippen LogP contribution in [0.4, 0.5) is 5.69 Å². The summed E-state index contributed by atoms with van der Waals surface area (Å²) in [4.78, 5) is 28.8. The molecule has 0 saturated carbocycles. The summed E-state index contributed by atoms with van der Waals surface area (Å²) in [6.45, 7) is 0. The van der Waals surface area contributed by atoms with Gasteiger partial charge in [0.05, 0.1) is 24.6 Å². The summed E-state index contributed by atoms with van der Waals surface area (Å²) in [6, 6.07) is 27.1. The van der Waals surface area contributed by atoms with Crippen LogP contribution in [0.5, 0.6) is 5.75 Å². The summed E-state index contributed by atoms with van der Waals surface area (Å²) >= 11 is 0. The number of nitrogens with zero attached hydrogens (tertiary/aromatic N) is 1. The van der Waals surface area contributed by atoms with Crippen molar-refractivity contribution in [3.8, 4) is 5.75 Å². The molecule has 31 heavy (non-hydrogen) atoms. The molecular weight excluding hydrogens is 386 g/mol. The van der Waals surface area contributed by atoms with Crippen molar-refractivity contribution in [2.75, 3.05) is 12.0 Å². The lowest BCUT2D eigenvalue weighted by Crippen LogP contribution is -2.31. The number of rotatable bonds is 4. The molecule has 2 amide bonds. The van der Waals surface area contributed by atoms with Gasteiger partial charge in [0.2, 0.25) is 11.8 Å². The number of allylic oxidation sites excluding steroid dienone is 2. The molecule has 1 heterocycles. The zero-order chi connectivity index (χ0) is 21.4. The van der Waals surface area contributed by atoms with E-state index in [4.69, 9.17) is 4.74 Å². The summed E-state index contributed by atoms with van der Waals surface area (Å²) in [6.07, 6.45) is 4.22. The van der Waals surface area contributed by atoms with E-state index < -0.39 is 11.8 Å². The molecule has 3 aromatic rings. The molecule has 4 nitrogen and oxygen atoms in total. The van der Waals surface area contributed by atoms with Crippen molar-refractivity contribution in [3.63, 3.8) is 0 Å². The Morgan fingerprint density at radius 2 is 1.10 bits per heavy atom. The van der Waals surface area contributed by atoms with E-state index in [1.165, 1.54) is 4.90 Å². The van der Waals surface area contributed by atoms with Crippen LogP contribution in [0.2, 0.25) is 0 Å². The first-order valence-corrected chi connectivity index (χ1v) is 10.5. The van der Waals surface area contributed by atoms with Gasteiger partial charge in [-0.1, -0.05) is 72.8 Å². The highest BCUT2D eigenvalue weighted by molar-refractivity contribution is 6.23. The van der Waals surface area contributed by atoms with Crippen LogP contribution < -0.4 is 9.64 Å². The number of hydrogen-bond acceptors (Lipinski definition) is 3.